The Morgan fingerprint density at radius 3 is 2.80 bits per heavy atom. The molecule has 0 saturated heterocycles. The Morgan fingerprint density at radius 1 is 1.40 bits per heavy atom. The van der Waals surface area contributed by atoms with E-state index in [0.29, 0.717) is 27.6 Å². The van der Waals surface area contributed by atoms with Crippen LogP contribution in [0.5, 0.6) is 0 Å². The summed E-state index contributed by atoms with van der Waals surface area (Å²) >= 11 is 3.22. The molecule has 3 unspecified atom stereocenters. The maximum Gasteiger partial charge on any atom is 0.133 e. The van der Waals surface area contributed by atoms with Gasteiger partial charge in [-0.2, -0.15) is 0 Å². The lowest BCUT2D eigenvalue weighted by atomic mass is 10.1. The van der Waals surface area contributed by atoms with Crippen molar-refractivity contribution in [3.8, 4) is 0 Å². The van der Waals surface area contributed by atoms with E-state index in [9.17, 15) is 9.50 Å². The van der Waals surface area contributed by atoms with E-state index in [1.165, 1.54) is 6.07 Å². The molecule has 0 amide bonds. The standard InChI is InChI=1S/C16H16BrFO2/c1-9-6-12(9)15-4-5-16(20-15)14(19)7-10-2-3-11(17)8-13(10)18/h2-5,8-9,12,14,19H,6-7H2,1H3. The molecule has 4 heteroatoms. The van der Waals surface area contributed by atoms with Crippen LogP contribution >= 0.6 is 15.9 Å². The Morgan fingerprint density at radius 2 is 2.15 bits per heavy atom. The van der Waals surface area contributed by atoms with Crippen LogP contribution in [-0.2, 0) is 6.42 Å². The highest BCUT2D eigenvalue weighted by Crippen LogP contribution is 2.47. The van der Waals surface area contributed by atoms with Gasteiger partial charge in [0.2, 0.25) is 0 Å². The summed E-state index contributed by atoms with van der Waals surface area (Å²) in [5, 5.41) is 10.2. The number of rotatable bonds is 4. The molecule has 2 aromatic rings. The zero-order chi connectivity index (χ0) is 14.3. The Labute approximate surface area is 125 Å². The number of halogens is 2. The fourth-order valence-corrected chi connectivity index (χ4v) is 2.79. The minimum absolute atomic E-state index is 0.215. The lowest BCUT2D eigenvalue weighted by molar-refractivity contribution is 0.147. The van der Waals surface area contributed by atoms with Crippen LogP contribution in [0.4, 0.5) is 4.39 Å². The lowest BCUT2D eigenvalue weighted by Crippen LogP contribution is -2.02. The average Bonchev–Trinajstić information content (AvgIpc) is 2.94. The van der Waals surface area contributed by atoms with Crippen molar-refractivity contribution in [2.75, 3.05) is 0 Å². The molecule has 1 saturated carbocycles. The van der Waals surface area contributed by atoms with Gasteiger partial charge in [-0.25, -0.2) is 4.39 Å². The molecule has 1 N–H and O–H groups in total. The third-order valence-corrected chi connectivity index (χ3v) is 4.37. The fourth-order valence-electron chi connectivity index (χ4n) is 2.46. The second kappa shape index (κ2) is 5.34. The Hall–Kier alpha value is -1.13. The Balaban J connectivity index is 1.72. The Kier molecular flexibility index (Phi) is 3.69. The van der Waals surface area contributed by atoms with Crippen molar-refractivity contribution >= 4 is 15.9 Å². The monoisotopic (exact) mass is 338 g/mol. The van der Waals surface area contributed by atoms with E-state index in [1.54, 1.807) is 18.2 Å². The first-order chi connectivity index (χ1) is 9.54. The van der Waals surface area contributed by atoms with E-state index < -0.39 is 6.10 Å². The molecule has 3 atom stereocenters. The average molecular weight is 339 g/mol. The molecule has 1 fully saturated rings. The van der Waals surface area contributed by atoms with Gasteiger partial charge in [-0.3, -0.25) is 0 Å². The van der Waals surface area contributed by atoms with Gasteiger partial charge in [0, 0.05) is 16.8 Å². The van der Waals surface area contributed by atoms with Crippen LogP contribution in [0.3, 0.4) is 0 Å². The summed E-state index contributed by atoms with van der Waals surface area (Å²) in [7, 11) is 0. The molecule has 0 aliphatic heterocycles. The SMILES string of the molecule is CC1CC1c1ccc(C(O)Cc2ccc(Br)cc2F)o1. The molecule has 0 bridgehead atoms. The van der Waals surface area contributed by atoms with Gasteiger partial charge in [0.25, 0.3) is 0 Å². The lowest BCUT2D eigenvalue weighted by Gasteiger charge is -2.09. The molecule has 0 spiro atoms. The number of aliphatic hydroxyl groups is 1. The predicted octanol–water partition coefficient (Wildman–Crippen LogP) is 4.58. The van der Waals surface area contributed by atoms with E-state index in [-0.39, 0.29) is 12.2 Å². The summed E-state index contributed by atoms with van der Waals surface area (Å²) in [5.41, 5.74) is 0.485. The molecule has 1 heterocycles. The van der Waals surface area contributed by atoms with Crippen molar-refractivity contribution in [2.45, 2.75) is 31.8 Å². The minimum atomic E-state index is -0.812. The topological polar surface area (TPSA) is 33.4 Å². The molecular weight excluding hydrogens is 323 g/mol. The number of furan rings is 1. The van der Waals surface area contributed by atoms with Gasteiger partial charge in [0.15, 0.2) is 0 Å². The highest BCUT2D eigenvalue weighted by molar-refractivity contribution is 9.10. The van der Waals surface area contributed by atoms with Crippen molar-refractivity contribution in [2.24, 2.45) is 5.92 Å². The van der Waals surface area contributed by atoms with E-state index in [2.05, 4.69) is 22.9 Å². The first-order valence-corrected chi connectivity index (χ1v) is 7.55. The minimum Gasteiger partial charge on any atom is -0.463 e. The van der Waals surface area contributed by atoms with Crippen LogP contribution in [0.1, 0.15) is 42.5 Å². The summed E-state index contributed by atoms with van der Waals surface area (Å²) in [6, 6.07) is 8.56. The van der Waals surface area contributed by atoms with Gasteiger partial charge < -0.3 is 9.52 Å². The second-order valence-electron chi connectivity index (χ2n) is 5.52. The summed E-state index contributed by atoms with van der Waals surface area (Å²) in [4.78, 5) is 0. The van der Waals surface area contributed by atoms with E-state index in [1.807, 2.05) is 6.07 Å². The zero-order valence-corrected chi connectivity index (χ0v) is 12.7. The summed E-state index contributed by atoms with van der Waals surface area (Å²) in [6.07, 6.45) is 0.546. The molecule has 1 aromatic carbocycles. The molecule has 1 aliphatic rings. The highest BCUT2D eigenvalue weighted by atomic mass is 79.9. The third kappa shape index (κ3) is 2.81. The first-order valence-electron chi connectivity index (χ1n) is 6.76. The van der Waals surface area contributed by atoms with Crippen LogP contribution in [0.2, 0.25) is 0 Å². The molecule has 0 radical (unpaired) electrons. The van der Waals surface area contributed by atoms with Gasteiger partial charge in [0.05, 0.1) is 0 Å². The predicted molar refractivity (Wildman–Crippen MR) is 78.0 cm³/mol. The molecular formula is C16H16BrFO2. The zero-order valence-electron chi connectivity index (χ0n) is 11.1. The molecule has 106 valence electrons. The molecule has 1 aliphatic carbocycles. The normalized spacial score (nSPS) is 22.8. The summed E-state index contributed by atoms with van der Waals surface area (Å²) in [5.74, 6) is 2.28. The largest absolute Gasteiger partial charge is 0.463 e. The molecule has 2 nitrogen and oxygen atoms in total. The second-order valence-corrected chi connectivity index (χ2v) is 6.43. The maximum absolute atomic E-state index is 13.7. The van der Waals surface area contributed by atoms with E-state index >= 15 is 0 Å². The van der Waals surface area contributed by atoms with Crippen molar-refractivity contribution in [3.05, 3.63) is 57.7 Å². The van der Waals surface area contributed by atoms with Crippen LogP contribution in [0.15, 0.2) is 39.2 Å². The van der Waals surface area contributed by atoms with E-state index in [4.69, 9.17) is 4.42 Å². The van der Waals surface area contributed by atoms with Gasteiger partial charge in [-0.1, -0.05) is 28.9 Å². The van der Waals surface area contributed by atoms with Crippen molar-refractivity contribution < 1.29 is 13.9 Å². The third-order valence-electron chi connectivity index (χ3n) is 3.88. The fraction of sp³-hybridized carbons (Fsp3) is 0.375. The van der Waals surface area contributed by atoms with Crippen LogP contribution < -0.4 is 0 Å². The van der Waals surface area contributed by atoms with E-state index in [0.717, 1.165) is 12.2 Å². The maximum atomic E-state index is 13.7. The molecule has 20 heavy (non-hydrogen) atoms. The number of aliphatic hydroxyl groups excluding tert-OH is 1. The first kappa shape index (κ1) is 13.8. The Bertz CT molecular complexity index is 623. The molecule has 1 aromatic heterocycles. The number of benzene rings is 1. The molecule has 3 rings (SSSR count). The quantitative estimate of drug-likeness (QED) is 0.884. The van der Waals surface area contributed by atoms with Crippen LogP contribution in [0.25, 0.3) is 0 Å². The highest BCUT2D eigenvalue weighted by Gasteiger charge is 2.36. The van der Waals surface area contributed by atoms with Crippen LogP contribution in [-0.4, -0.2) is 5.11 Å². The summed E-state index contributed by atoms with van der Waals surface area (Å²) < 4.78 is 20.1. The van der Waals surface area contributed by atoms with Gasteiger partial charge in [-0.15, -0.1) is 0 Å². The number of hydrogen-bond acceptors (Lipinski definition) is 2. The van der Waals surface area contributed by atoms with Gasteiger partial charge in [-0.05, 0) is 42.2 Å². The van der Waals surface area contributed by atoms with Crippen molar-refractivity contribution in [1.29, 1.82) is 0 Å². The van der Waals surface area contributed by atoms with Gasteiger partial charge in [0.1, 0.15) is 23.4 Å². The van der Waals surface area contributed by atoms with Crippen molar-refractivity contribution in [1.82, 2.24) is 0 Å². The number of hydrogen-bond donors (Lipinski definition) is 1. The van der Waals surface area contributed by atoms with Crippen LogP contribution in [0, 0.1) is 11.7 Å². The summed E-state index contributed by atoms with van der Waals surface area (Å²) in [6.45, 7) is 2.18. The smallest absolute Gasteiger partial charge is 0.133 e. The van der Waals surface area contributed by atoms with Crippen molar-refractivity contribution in [3.63, 3.8) is 0 Å². The van der Waals surface area contributed by atoms with Gasteiger partial charge >= 0.3 is 0 Å².